The molecular weight excluding hydrogens is 283 g/mol. The van der Waals surface area contributed by atoms with Crippen LogP contribution < -0.4 is 5.32 Å². The average Bonchev–Trinajstić information content (AvgIpc) is 2.91. The monoisotopic (exact) mass is 293 g/mol. The van der Waals surface area contributed by atoms with E-state index in [1.165, 1.54) is 6.33 Å². The van der Waals surface area contributed by atoms with Gasteiger partial charge in [-0.3, -0.25) is 4.98 Å². The number of fused-ring (bicyclic) bond motifs is 1. The molecule has 0 saturated carbocycles. The fraction of sp³-hybridized carbons (Fsp3) is 0.154. The van der Waals surface area contributed by atoms with E-state index < -0.39 is 11.7 Å². The number of alkyl halides is 3. The summed E-state index contributed by atoms with van der Waals surface area (Å²) in [6, 6.07) is 3.57. The Labute approximate surface area is 117 Å². The highest BCUT2D eigenvalue weighted by Crippen LogP contribution is 2.36. The first-order valence-corrected chi connectivity index (χ1v) is 6.08. The predicted octanol–water partition coefficient (Wildman–Crippen LogP) is 2.98. The van der Waals surface area contributed by atoms with Crippen LogP contribution >= 0.6 is 0 Å². The fourth-order valence-corrected chi connectivity index (χ4v) is 2.01. The lowest BCUT2D eigenvalue weighted by atomic mass is 10.2. The second kappa shape index (κ2) is 5.04. The highest BCUT2D eigenvalue weighted by molar-refractivity contribution is 5.90. The number of hydrogen-bond acceptors (Lipinski definition) is 4. The molecule has 0 saturated heterocycles. The van der Waals surface area contributed by atoms with Gasteiger partial charge in [-0.05, 0) is 11.6 Å². The maximum atomic E-state index is 13.0. The molecule has 0 aliphatic heterocycles. The number of hydrogen-bond donors (Lipinski definition) is 2. The Bertz CT molecular complexity index is 751. The molecule has 0 aliphatic rings. The van der Waals surface area contributed by atoms with Gasteiger partial charge in [0.2, 0.25) is 0 Å². The van der Waals surface area contributed by atoms with Crippen LogP contribution in [-0.4, -0.2) is 19.9 Å². The number of aromatic nitrogens is 4. The largest absolute Gasteiger partial charge is 0.418 e. The first kappa shape index (κ1) is 13.3. The molecule has 0 atom stereocenters. The molecule has 3 rings (SSSR count). The Morgan fingerprint density at radius 1 is 1.24 bits per heavy atom. The number of pyridine rings is 1. The van der Waals surface area contributed by atoms with Crippen LogP contribution in [0.2, 0.25) is 0 Å². The van der Waals surface area contributed by atoms with E-state index in [2.05, 4.69) is 25.3 Å². The molecule has 2 N–H and O–H groups in total. The van der Waals surface area contributed by atoms with Crippen LogP contribution in [-0.2, 0) is 12.7 Å². The van der Waals surface area contributed by atoms with E-state index in [1.807, 2.05) is 6.07 Å². The Balaban J connectivity index is 1.97. The first-order valence-electron chi connectivity index (χ1n) is 6.08. The SMILES string of the molecule is FC(F)(F)c1c[nH]c2ncnc(NCc3cccnc3)c12. The van der Waals surface area contributed by atoms with Crippen molar-refractivity contribution >= 4 is 16.9 Å². The predicted molar refractivity (Wildman–Crippen MR) is 70.5 cm³/mol. The molecule has 0 radical (unpaired) electrons. The molecule has 108 valence electrons. The molecule has 21 heavy (non-hydrogen) atoms. The summed E-state index contributed by atoms with van der Waals surface area (Å²) in [7, 11) is 0. The molecule has 0 spiro atoms. The summed E-state index contributed by atoms with van der Waals surface area (Å²) in [5, 5.41) is 2.83. The van der Waals surface area contributed by atoms with Crippen LogP contribution in [0.4, 0.5) is 19.0 Å². The lowest BCUT2D eigenvalue weighted by Crippen LogP contribution is -2.07. The van der Waals surface area contributed by atoms with Gasteiger partial charge in [-0.1, -0.05) is 6.07 Å². The van der Waals surface area contributed by atoms with Crippen molar-refractivity contribution in [2.24, 2.45) is 0 Å². The summed E-state index contributed by atoms with van der Waals surface area (Å²) in [5.74, 6) is 0.137. The van der Waals surface area contributed by atoms with Gasteiger partial charge in [-0.15, -0.1) is 0 Å². The van der Waals surface area contributed by atoms with Gasteiger partial charge >= 0.3 is 6.18 Å². The number of nitrogens with one attached hydrogen (secondary N) is 2. The zero-order valence-corrected chi connectivity index (χ0v) is 10.6. The first-order chi connectivity index (χ1) is 10.1. The van der Waals surface area contributed by atoms with Crippen molar-refractivity contribution in [3.63, 3.8) is 0 Å². The second-order valence-corrected chi connectivity index (χ2v) is 4.36. The quantitative estimate of drug-likeness (QED) is 0.779. The summed E-state index contributed by atoms with van der Waals surface area (Å²) < 4.78 is 38.9. The molecule has 3 aromatic rings. The van der Waals surface area contributed by atoms with Gasteiger partial charge in [0, 0.05) is 25.1 Å². The molecule has 5 nitrogen and oxygen atoms in total. The normalized spacial score (nSPS) is 11.8. The number of aromatic amines is 1. The summed E-state index contributed by atoms with van der Waals surface area (Å²) in [6.45, 7) is 0.322. The molecule has 0 unspecified atom stereocenters. The number of rotatable bonds is 3. The molecular formula is C13H10F3N5. The van der Waals surface area contributed by atoms with Gasteiger partial charge in [-0.2, -0.15) is 13.2 Å². The second-order valence-electron chi connectivity index (χ2n) is 4.36. The third kappa shape index (κ3) is 2.64. The summed E-state index contributed by atoms with van der Waals surface area (Å²) in [6.07, 6.45) is 0.903. The summed E-state index contributed by atoms with van der Waals surface area (Å²) in [5.41, 5.74) is 0.200. The highest BCUT2D eigenvalue weighted by Gasteiger charge is 2.35. The van der Waals surface area contributed by atoms with E-state index in [1.54, 1.807) is 18.5 Å². The van der Waals surface area contributed by atoms with Gasteiger partial charge < -0.3 is 10.3 Å². The van der Waals surface area contributed by atoms with Crippen LogP contribution in [0.1, 0.15) is 11.1 Å². The van der Waals surface area contributed by atoms with Crippen LogP contribution in [0, 0.1) is 0 Å². The third-order valence-electron chi connectivity index (χ3n) is 2.96. The molecule has 0 aromatic carbocycles. The topological polar surface area (TPSA) is 66.5 Å². The molecule has 0 fully saturated rings. The minimum atomic E-state index is -4.46. The maximum absolute atomic E-state index is 13.0. The molecule has 0 bridgehead atoms. The van der Waals surface area contributed by atoms with E-state index in [4.69, 9.17) is 0 Å². The molecule has 0 aliphatic carbocycles. The number of halogens is 3. The number of H-pyrrole nitrogens is 1. The Morgan fingerprint density at radius 3 is 2.81 bits per heavy atom. The van der Waals surface area contributed by atoms with E-state index in [0.717, 1.165) is 11.8 Å². The van der Waals surface area contributed by atoms with Gasteiger partial charge in [0.05, 0.1) is 10.9 Å². The van der Waals surface area contributed by atoms with Crippen molar-refractivity contribution in [3.8, 4) is 0 Å². The number of nitrogens with zero attached hydrogens (tertiary/aromatic N) is 3. The van der Waals surface area contributed by atoms with E-state index >= 15 is 0 Å². The zero-order valence-electron chi connectivity index (χ0n) is 10.6. The van der Waals surface area contributed by atoms with Crippen LogP contribution in [0.5, 0.6) is 0 Å². The van der Waals surface area contributed by atoms with Crippen molar-refractivity contribution in [2.75, 3.05) is 5.32 Å². The Kier molecular flexibility index (Phi) is 3.20. The van der Waals surface area contributed by atoms with Crippen molar-refractivity contribution in [1.29, 1.82) is 0 Å². The maximum Gasteiger partial charge on any atom is 0.418 e. The minimum absolute atomic E-state index is 0.0612. The Hall–Kier alpha value is -2.64. The van der Waals surface area contributed by atoms with Gasteiger partial charge in [0.25, 0.3) is 0 Å². The Morgan fingerprint density at radius 2 is 2.10 bits per heavy atom. The van der Waals surface area contributed by atoms with Gasteiger partial charge in [-0.25, -0.2) is 9.97 Å². The summed E-state index contributed by atoms with van der Waals surface area (Å²) >= 11 is 0. The summed E-state index contributed by atoms with van der Waals surface area (Å²) in [4.78, 5) is 14.2. The standard InChI is InChI=1S/C13H10F3N5/c14-13(15,16)9-6-19-12-10(9)11(20-7-21-12)18-5-8-2-1-3-17-4-8/h1-4,6-7H,5H2,(H2,18,19,20,21). The van der Waals surface area contributed by atoms with Gasteiger partial charge in [0.1, 0.15) is 17.8 Å². The molecule has 0 amide bonds. The zero-order chi connectivity index (χ0) is 14.9. The lowest BCUT2D eigenvalue weighted by Gasteiger charge is -2.09. The van der Waals surface area contributed by atoms with E-state index in [0.29, 0.717) is 6.54 Å². The smallest absolute Gasteiger partial charge is 0.365 e. The van der Waals surface area contributed by atoms with Crippen molar-refractivity contribution in [1.82, 2.24) is 19.9 Å². The van der Waals surface area contributed by atoms with Crippen molar-refractivity contribution < 1.29 is 13.2 Å². The minimum Gasteiger partial charge on any atom is -0.365 e. The third-order valence-corrected chi connectivity index (χ3v) is 2.96. The number of anilines is 1. The van der Waals surface area contributed by atoms with Crippen molar-refractivity contribution in [2.45, 2.75) is 12.7 Å². The van der Waals surface area contributed by atoms with Gasteiger partial charge in [0.15, 0.2) is 0 Å². The highest BCUT2D eigenvalue weighted by atomic mass is 19.4. The fourth-order valence-electron chi connectivity index (χ4n) is 2.01. The van der Waals surface area contributed by atoms with Crippen LogP contribution in [0.15, 0.2) is 37.1 Å². The van der Waals surface area contributed by atoms with Crippen LogP contribution in [0.3, 0.4) is 0 Å². The van der Waals surface area contributed by atoms with E-state index in [9.17, 15) is 13.2 Å². The van der Waals surface area contributed by atoms with E-state index in [-0.39, 0.29) is 16.9 Å². The molecule has 3 heterocycles. The lowest BCUT2D eigenvalue weighted by molar-refractivity contribution is -0.136. The van der Waals surface area contributed by atoms with Crippen molar-refractivity contribution in [3.05, 3.63) is 48.2 Å². The van der Waals surface area contributed by atoms with Crippen LogP contribution in [0.25, 0.3) is 11.0 Å². The molecule has 3 aromatic heterocycles. The average molecular weight is 293 g/mol. The molecule has 8 heteroatoms.